The summed E-state index contributed by atoms with van der Waals surface area (Å²) in [5.41, 5.74) is 0.792. The topological polar surface area (TPSA) is 61.6 Å². The first-order chi connectivity index (χ1) is 9.91. The number of pyridine rings is 2. The molecule has 108 valence electrons. The van der Waals surface area contributed by atoms with Crippen LogP contribution in [0.3, 0.4) is 0 Å². The lowest BCUT2D eigenvalue weighted by Gasteiger charge is -2.12. The Kier molecular flexibility index (Phi) is 4.08. The van der Waals surface area contributed by atoms with Crippen LogP contribution in [0.25, 0.3) is 0 Å². The summed E-state index contributed by atoms with van der Waals surface area (Å²) in [5.74, 6) is -0.0874. The molecule has 21 heavy (non-hydrogen) atoms. The maximum Gasteiger partial charge on any atom is 0.433 e. The Morgan fingerprint density at radius 1 is 1.29 bits per heavy atom. The zero-order valence-corrected chi connectivity index (χ0v) is 11.1. The van der Waals surface area contributed by atoms with Crippen molar-refractivity contribution in [1.29, 1.82) is 5.26 Å². The van der Waals surface area contributed by atoms with Crippen LogP contribution in [0.5, 0.6) is 0 Å². The number of aryl methyl sites for hydroxylation is 1. The molecule has 4 nitrogen and oxygen atoms in total. The van der Waals surface area contributed by atoms with Gasteiger partial charge in [0.2, 0.25) is 0 Å². The summed E-state index contributed by atoms with van der Waals surface area (Å²) in [7, 11) is 0. The number of anilines is 1. The highest BCUT2D eigenvalue weighted by atomic mass is 19.4. The molecule has 2 aromatic rings. The van der Waals surface area contributed by atoms with Crippen LogP contribution >= 0.6 is 0 Å². The van der Waals surface area contributed by atoms with E-state index in [0.717, 1.165) is 23.3 Å². The summed E-state index contributed by atoms with van der Waals surface area (Å²) in [5, 5.41) is 11.7. The van der Waals surface area contributed by atoms with Crippen molar-refractivity contribution in [3.05, 3.63) is 53.0 Å². The van der Waals surface area contributed by atoms with E-state index in [0.29, 0.717) is 0 Å². The van der Waals surface area contributed by atoms with Crippen molar-refractivity contribution in [1.82, 2.24) is 9.97 Å². The average molecular weight is 292 g/mol. The lowest BCUT2D eigenvalue weighted by molar-refractivity contribution is -0.141. The highest BCUT2D eigenvalue weighted by molar-refractivity contribution is 5.52. The third-order valence-electron chi connectivity index (χ3n) is 2.90. The molecule has 0 atom stereocenters. The Bertz CT molecular complexity index is 689. The van der Waals surface area contributed by atoms with Gasteiger partial charge in [-0.1, -0.05) is 0 Å². The summed E-state index contributed by atoms with van der Waals surface area (Å²) in [6, 6.07) is 5.51. The molecule has 0 radical (unpaired) electrons. The molecule has 7 heteroatoms. The smallest absolute Gasteiger partial charge is 0.365 e. The Morgan fingerprint density at radius 3 is 2.67 bits per heavy atom. The fourth-order valence-electron chi connectivity index (χ4n) is 1.70. The molecule has 0 fully saturated rings. The van der Waals surface area contributed by atoms with Crippen molar-refractivity contribution in [3.63, 3.8) is 0 Å². The van der Waals surface area contributed by atoms with Gasteiger partial charge in [-0.25, -0.2) is 4.98 Å². The number of hydrogen-bond donors (Lipinski definition) is 1. The van der Waals surface area contributed by atoms with Gasteiger partial charge in [0.25, 0.3) is 0 Å². The maximum absolute atomic E-state index is 12.6. The molecule has 2 rings (SSSR count). The van der Waals surface area contributed by atoms with Gasteiger partial charge < -0.3 is 5.32 Å². The average Bonchev–Trinajstić information content (AvgIpc) is 2.45. The second kappa shape index (κ2) is 5.79. The number of nitrogens with zero attached hydrogens (tertiary/aromatic N) is 3. The number of alkyl halides is 3. The molecule has 0 aliphatic rings. The summed E-state index contributed by atoms with van der Waals surface area (Å²) in [4.78, 5) is 7.43. The first-order valence-corrected chi connectivity index (χ1v) is 6.03. The fraction of sp³-hybridized carbons (Fsp3) is 0.214. The summed E-state index contributed by atoms with van der Waals surface area (Å²) in [6.45, 7) is 2.10. The van der Waals surface area contributed by atoms with E-state index < -0.39 is 11.9 Å². The molecular formula is C14H11F3N4. The Morgan fingerprint density at radius 2 is 2.05 bits per heavy atom. The van der Waals surface area contributed by atoms with E-state index in [2.05, 4.69) is 15.3 Å². The molecule has 0 spiro atoms. The first kappa shape index (κ1) is 14.8. The van der Waals surface area contributed by atoms with Crippen LogP contribution in [0.15, 0.2) is 30.6 Å². The predicted octanol–water partition coefficient (Wildman–Crippen LogP) is 3.29. The van der Waals surface area contributed by atoms with Crippen LogP contribution in [-0.2, 0) is 12.7 Å². The minimum Gasteiger partial charge on any atom is -0.365 e. The van der Waals surface area contributed by atoms with Crippen LogP contribution in [0.4, 0.5) is 19.0 Å². The van der Waals surface area contributed by atoms with Gasteiger partial charge >= 0.3 is 6.18 Å². The summed E-state index contributed by atoms with van der Waals surface area (Å²) < 4.78 is 37.9. The predicted molar refractivity (Wildman–Crippen MR) is 70.3 cm³/mol. The fourth-order valence-corrected chi connectivity index (χ4v) is 1.70. The van der Waals surface area contributed by atoms with Crippen LogP contribution in [0, 0.1) is 18.3 Å². The van der Waals surface area contributed by atoms with Crippen LogP contribution in [0.2, 0.25) is 0 Å². The Balaban J connectivity index is 2.27. The molecule has 0 aromatic carbocycles. The number of halogens is 3. The lowest BCUT2D eigenvalue weighted by atomic mass is 10.1. The number of nitriles is 1. The zero-order chi connectivity index (χ0) is 15.5. The van der Waals surface area contributed by atoms with Crippen LogP contribution in [-0.4, -0.2) is 9.97 Å². The van der Waals surface area contributed by atoms with Crippen molar-refractivity contribution >= 4 is 5.82 Å². The van der Waals surface area contributed by atoms with Crippen LogP contribution in [0.1, 0.15) is 22.4 Å². The van der Waals surface area contributed by atoms with Gasteiger partial charge in [-0.2, -0.15) is 18.4 Å². The summed E-state index contributed by atoms with van der Waals surface area (Å²) in [6.07, 6.45) is -1.31. The van der Waals surface area contributed by atoms with Gasteiger partial charge in [-0.3, -0.25) is 4.98 Å². The van der Waals surface area contributed by atoms with Crippen molar-refractivity contribution in [2.24, 2.45) is 0 Å². The molecule has 2 aromatic heterocycles. The minimum atomic E-state index is -4.55. The second-order valence-electron chi connectivity index (χ2n) is 4.36. The molecule has 0 aliphatic carbocycles. The number of rotatable bonds is 3. The molecule has 0 amide bonds. The second-order valence-corrected chi connectivity index (χ2v) is 4.36. The molecule has 1 N–H and O–H groups in total. The van der Waals surface area contributed by atoms with Crippen molar-refractivity contribution in [2.45, 2.75) is 19.6 Å². The van der Waals surface area contributed by atoms with E-state index in [1.807, 2.05) is 13.0 Å². The van der Waals surface area contributed by atoms with Gasteiger partial charge in [0, 0.05) is 18.9 Å². The Hall–Kier alpha value is -2.62. The number of nitrogens with one attached hydrogen (secondary N) is 1. The van der Waals surface area contributed by atoms with E-state index in [4.69, 9.17) is 5.26 Å². The van der Waals surface area contributed by atoms with Gasteiger partial charge in [-0.15, -0.1) is 0 Å². The minimum absolute atomic E-state index is 0.0598. The van der Waals surface area contributed by atoms with Crippen molar-refractivity contribution in [3.8, 4) is 6.07 Å². The third-order valence-corrected chi connectivity index (χ3v) is 2.90. The van der Waals surface area contributed by atoms with E-state index in [9.17, 15) is 13.2 Å². The van der Waals surface area contributed by atoms with Gasteiger partial charge in [0.1, 0.15) is 17.6 Å². The standard InChI is InChI=1S/C14H11F3N4/c1-9-4-5-19-7-11(9)8-20-13-10(6-18)2-3-12(21-13)14(15,16)17/h2-5,7H,8H2,1H3,(H,20,21). The molecule has 2 heterocycles. The van der Waals surface area contributed by atoms with E-state index in [1.165, 1.54) is 0 Å². The molecule has 0 aliphatic heterocycles. The van der Waals surface area contributed by atoms with E-state index >= 15 is 0 Å². The molecule has 0 unspecified atom stereocenters. The number of aromatic nitrogens is 2. The summed E-state index contributed by atoms with van der Waals surface area (Å²) >= 11 is 0. The largest absolute Gasteiger partial charge is 0.433 e. The highest BCUT2D eigenvalue weighted by Crippen LogP contribution is 2.29. The third kappa shape index (κ3) is 3.48. The molecular weight excluding hydrogens is 281 g/mol. The van der Waals surface area contributed by atoms with E-state index in [-0.39, 0.29) is 17.9 Å². The SMILES string of the molecule is Cc1ccncc1CNc1nc(C(F)(F)F)ccc1C#N. The van der Waals surface area contributed by atoms with Gasteiger partial charge in [-0.05, 0) is 36.2 Å². The van der Waals surface area contributed by atoms with Gasteiger partial charge in [0.15, 0.2) is 0 Å². The monoisotopic (exact) mass is 292 g/mol. The normalized spacial score (nSPS) is 11.0. The highest BCUT2D eigenvalue weighted by Gasteiger charge is 2.33. The lowest BCUT2D eigenvalue weighted by Crippen LogP contribution is -2.12. The quantitative estimate of drug-likeness (QED) is 0.943. The molecule has 0 bridgehead atoms. The first-order valence-electron chi connectivity index (χ1n) is 6.03. The number of hydrogen-bond acceptors (Lipinski definition) is 4. The maximum atomic E-state index is 12.6. The Labute approximate surface area is 119 Å². The van der Waals surface area contributed by atoms with Crippen molar-refractivity contribution in [2.75, 3.05) is 5.32 Å². The van der Waals surface area contributed by atoms with Gasteiger partial charge in [0.05, 0.1) is 5.56 Å². The zero-order valence-electron chi connectivity index (χ0n) is 11.1. The van der Waals surface area contributed by atoms with E-state index in [1.54, 1.807) is 18.5 Å². The molecule has 0 saturated carbocycles. The van der Waals surface area contributed by atoms with Crippen molar-refractivity contribution < 1.29 is 13.2 Å². The van der Waals surface area contributed by atoms with Crippen LogP contribution < -0.4 is 5.32 Å². The molecule has 0 saturated heterocycles.